The number of sulfone groups is 1. The van der Waals surface area contributed by atoms with Crippen LogP contribution in [-0.4, -0.2) is 44.3 Å². The van der Waals surface area contributed by atoms with Gasteiger partial charge in [0.1, 0.15) is 21.5 Å². The van der Waals surface area contributed by atoms with Crippen molar-refractivity contribution in [2.75, 3.05) is 11.5 Å². The first-order valence-corrected chi connectivity index (χ1v) is 10.9. The van der Waals surface area contributed by atoms with Crippen LogP contribution in [0, 0.1) is 11.3 Å². The Morgan fingerprint density at radius 2 is 1.96 bits per heavy atom. The molecule has 0 saturated carbocycles. The van der Waals surface area contributed by atoms with Crippen LogP contribution in [-0.2, 0) is 9.84 Å². The summed E-state index contributed by atoms with van der Waals surface area (Å²) in [6.45, 7) is 3.84. The Hall–Kier alpha value is -2.93. The number of hydrogen-bond donors (Lipinski definition) is 1. The van der Waals surface area contributed by atoms with Gasteiger partial charge in [0.25, 0.3) is 5.56 Å². The Bertz CT molecular complexity index is 1240. The van der Waals surface area contributed by atoms with E-state index in [4.69, 9.17) is 0 Å². The second-order valence-corrected chi connectivity index (χ2v) is 9.70. The fourth-order valence-electron chi connectivity index (χ4n) is 3.68. The van der Waals surface area contributed by atoms with Gasteiger partial charge in [0.2, 0.25) is 0 Å². The van der Waals surface area contributed by atoms with E-state index in [1.165, 1.54) is 10.7 Å². The third-order valence-electron chi connectivity index (χ3n) is 5.19. The molecule has 10 heteroatoms. The van der Waals surface area contributed by atoms with Crippen molar-refractivity contribution >= 4 is 15.5 Å². The van der Waals surface area contributed by atoms with E-state index in [9.17, 15) is 18.5 Å². The van der Waals surface area contributed by atoms with E-state index < -0.39 is 9.84 Å². The highest BCUT2D eigenvalue weighted by atomic mass is 32.2. The number of nitriles is 1. The zero-order valence-corrected chi connectivity index (χ0v) is 16.4. The van der Waals surface area contributed by atoms with Crippen LogP contribution in [0.2, 0.25) is 0 Å². The summed E-state index contributed by atoms with van der Waals surface area (Å²) in [6.07, 6.45) is 5.92. The standard InChI is InChI=1S/C18H20N6O3S/c1-11(2)15-16(22-17-12(7-19)8-21-24(17)18(15)25)13-9-20-23(10-13)14-3-5-28(26,27)6-4-14/h8-11,14,22H,3-6H2,1-2H3. The molecule has 0 amide bonds. The van der Waals surface area contributed by atoms with Crippen LogP contribution in [0.15, 0.2) is 23.4 Å². The fraction of sp³-hybridized carbons (Fsp3) is 0.444. The Morgan fingerprint density at radius 1 is 1.25 bits per heavy atom. The molecule has 28 heavy (non-hydrogen) atoms. The molecule has 1 aliphatic rings. The quantitative estimate of drug-likeness (QED) is 0.712. The van der Waals surface area contributed by atoms with Gasteiger partial charge in [-0.3, -0.25) is 9.48 Å². The molecule has 3 aromatic heterocycles. The van der Waals surface area contributed by atoms with Crippen molar-refractivity contribution in [2.24, 2.45) is 0 Å². The van der Waals surface area contributed by atoms with Gasteiger partial charge in [-0.15, -0.1) is 0 Å². The molecule has 9 nitrogen and oxygen atoms in total. The molecule has 0 aromatic carbocycles. The highest BCUT2D eigenvalue weighted by Crippen LogP contribution is 2.29. The summed E-state index contributed by atoms with van der Waals surface area (Å²) in [5.74, 6) is 0.253. The number of hydrogen-bond acceptors (Lipinski definition) is 6. The lowest BCUT2D eigenvalue weighted by Crippen LogP contribution is -2.25. The van der Waals surface area contributed by atoms with Crippen LogP contribution < -0.4 is 5.56 Å². The summed E-state index contributed by atoms with van der Waals surface area (Å²) >= 11 is 0. The smallest absolute Gasteiger partial charge is 0.278 e. The summed E-state index contributed by atoms with van der Waals surface area (Å²) in [7, 11) is -2.95. The van der Waals surface area contributed by atoms with Crippen LogP contribution in [0.3, 0.4) is 0 Å². The molecule has 1 saturated heterocycles. The second-order valence-electron chi connectivity index (χ2n) is 7.40. The molecule has 0 aliphatic carbocycles. The zero-order chi connectivity index (χ0) is 20.1. The second kappa shape index (κ2) is 6.60. The lowest BCUT2D eigenvalue weighted by Gasteiger charge is -2.22. The lowest BCUT2D eigenvalue weighted by atomic mass is 10.00. The number of nitrogens with zero attached hydrogens (tertiary/aromatic N) is 5. The SMILES string of the molecule is CC(C)c1c(-c2cnn(C3CCS(=O)(=O)CC3)c2)[nH]c2c(C#N)cnn2c1=O. The number of nitrogens with one attached hydrogen (secondary N) is 1. The Balaban J connectivity index is 1.81. The molecular weight excluding hydrogens is 380 g/mol. The van der Waals surface area contributed by atoms with Crippen LogP contribution in [0.4, 0.5) is 0 Å². The van der Waals surface area contributed by atoms with Gasteiger partial charge >= 0.3 is 0 Å². The van der Waals surface area contributed by atoms with Gasteiger partial charge in [-0.2, -0.15) is 20.0 Å². The van der Waals surface area contributed by atoms with Gasteiger partial charge in [-0.1, -0.05) is 13.8 Å². The highest BCUT2D eigenvalue weighted by Gasteiger charge is 2.26. The van der Waals surface area contributed by atoms with Crippen molar-refractivity contribution in [3.8, 4) is 17.3 Å². The third kappa shape index (κ3) is 3.01. The molecule has 0 unspecified atom stereocenters. The molecule has 0 spiro atoms. The summed E-state index contributed by atoms with van der Waals surface area (Å²) in [5.41, 5.74) is 2.27. The highest BCUT2D eigenvalue weighted by molar-refractivity contribution is 7.91. The molecule has 1 fully saturated rings. The predicted octanol–water partition coefficient (Wildman–Crippen LogP) is 1.63. The van der Waals surface area contributed by atoms with Crippen molar-refractivity contribution in [1.29, 1.82) is 5.26 Å². The van der Waals surface area contributed by atoms with Crippen LogP contribution in [0.25, 0.3) is 16.9 Å². The molecule has 0 bridgehead atoms. The number of fused-ring (bicyclic) bond motifs is 1. The first kappa shape index (κ1) is 18.4. The van der Waals surface area contributed by atoms with E-state index >= 15 is 0 Å². The van der Waals surface area contributed by atoms with Crippen molar-refractivity contribution < 1.29 is 8.42 Å². The lowest BCUT2D eigenvalue weighted by molar-refractivity contribution is 0.413. The van der Waals surface area contributed by atoms with Crippen LogP contribution >= 0.6 is 0 Å². The molecule has 0 radical (unpaired) electrons. The van der Waals surface area contributed by atoms with E-state index in [1.54, 1.807) is 10.9 Å². The van der Waals surface area contributed by atoms with Gasteiger partial charge in [-0.05, 0) is 18.8 Å². The number of aromatic nitrogens is 5. The molecule has 146 valence electrons. The molecule has 4 heterocycles. The van der Waals surface area contributed by atoms with Gasteiger partial charge in [-0.25, -0.2) is 8.42 Å². The molecule has 0 atom stereocenters. The van der Waals surface area contributed by atoms with E-state index in [1.807, 2.05) is 26.1 Å². The molecule has 1 aliphatic heterocycles. The van der Waals surface area contributed by atoms with Crippen molar-refractivity contribution in [3.05, 3.63) is 40.1 Å². The summed E-state index contributed by atoms with van der Waals surface area (Å²) in [6, 6.07) is 2.05. The van der Waals surface area contributed by atoms with E-state index in [0.717, 1.165) is 5.56 Å². The van der Waals surface area contributed by atoms with Crippen molar-refractivity contribution in [2.45, 2.75) is 38.6 Å². The van der Waals surface area contributed by atoms with Gasteiger partial charge in [0.15, 0.2) is 5.65 Å². The average Bonchev–Trinajstić information content (AvgIpc) is 3.28. The first-order valence-electron chi connectivity index (χ1n) is 9.09. The Labute approximate surface area is 161 Å². The monoisotopic (exact) mass is 400 g/mol. The van der Waals surface area contributed by atoms with Crippen LogP contribution in [0.1, 0.15) is 49.8 Å². The minimum Gasteiger partial charge on any atom is -0.338 e. The minimum atomic E-state index is -2.95. The van der Waals surface area contributed by atoms with Gasteiger partial charge < -0.3 is 4.98 Å². The predicted molar refractivity (Wildman–Crippen MR) is 103 cm³/mol. The van der Waals surface area contributed by atoms with Crippen molar-refractivity contribution in [3.63, 3.8) is 0 Å². The molecule has 3 aromatic rings. The summed E-state index contributed by atoms with van der Waals surface area (Å²) in [5, 5.41) is 17.7. The van der Waals surface area contributed by atoms with Crippen LogP contribution in [0.5, 0.6) is 0 Å². The Kier molecular flexibility index (Phi) is 4.34. The number of aromatic amines is 1. The van der Waals surface area contributed by atoms with Crippen molar-refractivity contribution in [1.82, 2.24) is 24.4 Å². The topological polar surface area (TPSA) is 126 Å². The zero-order valence-electron chi connectivity index (χ0n) is 15.6. The average molecular weight is 400 g/mol. The molecular formula is C18H20N6O3S. The molecule has 1 N–H and O–H groups in total. The van der Waals surface area contributed by atoms with E-state index in [2.05, 4.69) is 15.2 Å². The normalized spacial score (nSPS) is 17.2. The fourth-order valence-corrected chi connectivity index (χ4v) is 5.15. The maximum Gasteiger partial charge on any atom is 0.278 e. The van der Waals surface area contributed by atoms with Gasteiger partial charge in [0, 0.05) is 17.3 Å². The maximum atomic E-state index is 13.0. The summed E-state index contributed by atoms with van der Waals surface area (Å²) in [4.78, 5) is 16.1. The first-order chi connectivity index (χ1) is 13.3. The molecule has 4 rings (SSSR count). The largest absolute Gasteiger partial charge is 0.338 e. The van der Waals surface area contributed by atoms with Gasteiger partial charge in [0.05, 0.1) is 35.6 Å². The third-order valence-corrected chi connectivity index (χ3v) is 6.91. The summed E-state index contributed by atoms with van der Waals surface area (Å²) < 4.78 is 26.3. The minimum absolute atomic E-state index is 0.0138. The Morgan fingerprint density at radius 3 is 2.61 bits per heavy atom. The number of rotatable bonds is 3. The van der Waals surface area contributed by atoms with E-state index in [-0.39, 0.29) is 29.0 Å². The maximum absolute atomic E-state index is 13.0. The number of H-pyrrole nitrogens is 1. The van der Waals surface area contributed by atoms with E-state index in [0.29, 0.717) is 35.3 Å².